The molecule has 0 rings (SSSR count). The maximum Gasteiger partial charge on any atom is 0.0431 e. The van der Waals surface area contributed by atoms with Gasteiger partial charge in [0.05, 0.1) is 0 Å². The van der Waals surface area contributed by atoms with Gasteiger partial charge >= 0.3 is 0 Å². The molecule has 140 valence electrons. The molecule has 1 heteroatoms. The summed E-state index contributed by atoms with van der Waals surface area (Å²) in [7, 11) is 0. The molecule has 0 aliphatic carbocycles. The molecule has 0 fully saturated rings. The first kappa shape index (κ1) is 23.0. The van der Waals surface area contributed by atoms with Gasteiger partial charge in [-0.1, -0.05) is 117 Å². The molecule has 1 atom stereocenters. The summed E-state index contributed by atoms with van der Waals surface area (Å²) in [6.07, 6.45) is 24.9. The largest absolute Gasteiger partial charge is 0.396 e. The van der Waals surface area contributed by atoms with Crippen LogP contribution < -0.4 is 0 Å². The smallest absolute Gasteiger partial charge is 0.0431 e. The molecule has 0 radical (unpaired) electrons. The Labute approximate surface area is 147 Å². The van der Waals surface area contributed by atoms with Crippen molar-refractivity contribution < 1.29 is 5.11 Å². The van der Waals surface area contributed by atoms with Crippen LogP contribution in [0.5, 0.6) is 0 Å². The lowest BCUT2D eigenvalue weighted by atomic mass is 9.90. The predicted octanol–water partition coefficient (Wildman–Crippen LogP) is 7.66. The van der Waals surface area contributed by atoms with Gasteiger partial charge in [0.2, 0.25) is 0 Å². The molecule has 23 heavy (non-hydrogen) atoms. The van der Waals surface area contributed by atoms with Gasteiger partial charge in [0, 0.05) is 6.61 Å². The third-order valence-corrected chi connectivity index (χ3v) is 5.20. The van der Waals surface area contributed by atoms with E-state index in [2.05, 4.69) is 13.8 Å². The molecule has 0 aromatic rings. The molecular formula is C22H46O. The Morgan fingerprint density at radius 3 is 1.22 bits per heavy atom. The van der Waals surface area contributed by atoms with Gasteiger partial charge in [-0.05, 0) is 18.8 Å². The highest BCUT2D eigenvalue weighted by Gasteiger charge is 2.08. The molecule has 0 aliphatic heterocycles. The number of aliphatic hydroxyl groups excluding tert-OH is 1. The normalized spacial score (nSPS) is 12.7. The first-order valence-corrected chi connectivity index (χ1v) is 11.0. The molecule has 0 heterocycles. The van der Waals surface area contributed by atoms with E-state index in [0.29, 0.717) is 6.61 Å². The standard InChI is InChI=1S/C22H46O/c1-3-5-7-9-11-12-14-16-19-22(20-17-21-23)18-15-13-10-8-6-4-2/h22-23H,3-21H2,1-2H3. The van der Waals surface area contributed by atoms with Crippen molar-refractivity contribution in [1.29, 1.82) is 0 Å². The van der Waals surface area contributed by atoms with Crippen LogP contribution in [-0.4, -0.2) is 11.7 Å². The van der Waals surface area contributed by atoms with E-state index < -0.39 is 0 Å². The van der Waals surface area contributed by atoms with Gasteiger partial charge in [-0.2, -0.15) is 0 Å². The Balaban J connectivity index is 3.54. The molecule has 0 saturated carbocycles. The van der Waals surface area contributed by atoms with Crippen molar-refractivity contribution in [2.75, 3.05) is 6.61 Å². The van der Waals surface area contributed by atoms with Crippen molar-refractivity contribution in [1.82, 2.24) is 0 Å². The van der Waals surface area contributed by atoms with Crippen molar-refractivity contribution in [2.45, 2.75) is 129 Å². The van der Waals surface area contributed by atoms with Crippen molar-refractivity contribution >= 4 is 0 Å². The van der Waals surface area contributed by atoms with Gasteiger partial charge in [0.25, 0.3) is 0 Å². The Morgan fingerprint density at radius 2 is 0.826 bits per heavy atom. The van der Waals surface area contributed by atoms with E-state index in [1.54, 1.807) is 0 Å². The monoisotopic (exact) mass is 326 g/mol. The maximum atomic E-state index is 9.10. The highest BCUT2D eigenvalue weighted by molar-refractivity contribution is 4.61. The molecule has 0 bridgehead atoms. The molecule has 0 amide bonds. The SMILES string of the molecule is CCCCCCCCCCC(CCCO)CCCCCCCC. The maximum absolute atomic E-state index is 9.10. The minimum absolute atomic E-state index is 0.379. The molecule has 1 unspecified atom stereocenters. The molecule has 0 spiro atoms. The minimum atomic E-state index is 0.379. The van der Waals surface area contributed by atoms with E-state index in [1.165, 1.54) is 109 Å². The Hall–Kier alpha value is -0.0400. The lowest BCUT2D eigenvalue weighted by Crippen LogP contribution is -2.02. The van der Waals surface area contributed by atoms with Crippen LogP contribution >= 0.6 is 0 Å². The van der Waals surface area contributed by atoms with Crippen LogP contribution in [-0.2, 0) is 0 Å². The van der Waals surface area contributed by atoms with Gasteiger partial charge in [-0.25, -0.2) is 0 Å². The van der Waals surface area contributed by atoms with Crippen molar-refractivity contribution in [3.8, 4) is 0 Å². The average Bonchev–Trinajstić information content (AvgIpc) is 2.57. The quantitative estimate of drug-likeness (QED) is 0.242. The Kier molecular flexibility index (Phi) is 20.0. The van der Waals surface area contributed by atoms with Gasteiger partial charge in [0.15, 0.2) is 0 Å². The third-order valence-electron chi connectivity index (χ3n) is 5.20. The second-order valence-electron chi connectivity index (χ2n) is 7.55. The molecule has 1 N–H and O–H groups in total. The summed E-state index contributed by atoms with van der Waals surface area (Å²) in [5.74, 6) is 0.883. The predicted molar refractivity (Wildman–Crippen MR) is 105 cm³/mol. The van der Waals surface area contributed by atoms with Crippen molar-refractivity contribution in [3.63, 3.8) is 0 Å². The molecule has 0 aromatic heterocycles. The zero-order chi connectivity index (χ0) is 17.0. The lowest BCUT2D eigenvalue weighted by Gasteiger charge is -2.16. The van der Waals surface area contributed by atoms with E-state index in [4.69, 9.17) is 5.11 Å². The van der Waals surface area contributed by atoms with Crippen LogP contribution in [0.15, 0.2) is 0 Å². The topological polar surface area (TPSA) is 20.2 Å². The summed E-state index contributed by atoms with van der Waals surface area (Å²) in [5, 5.41) is 9.10. The van der Waals surface area contributed by atoms with E-state index in [0.717, 1.165) is 12.3 Å². The Morgan fingerprint density at radius 1 is 0.478 bits per heavy atom. The van der Waals surface area contributed by atoms with Crippen LogP contribution in [0.4, 0.5) is 0 Å². The van der Waals surface area contributed by atoms with Gasteiger partial charge in [-0.15, -0.1) is 0 Å². The van der Waals surface area contributed by atoms with E-state index in [1.807, 2.05) is 0 Å². The molecule has 0 aromatic carbocycles. The number of hydrogen-bond acceptors (Lipinski definition) is 1. The van der Waals surface area contributed by atoms with E-state index in [9.17, 15) is 0 Å². The van der Waals surface area contributed by atoms with E-state index in [-0.39, 0.29) is 0 Å². The Bertz CT molecular complexity index is 202. The highest BCUT2D eigenvalue weighted by Crippen LogP contribution is 2.23. The second-order valence-corrected chi connectivity index (χ2v) is 7.55. The van der Waals surface area contributed by atoms with Crippen LogP contribution in [0.25, 0.3) is 0 Å². The number of unbranched alkanes of at least 4 members (excludes halogenated alkanes) is 12. The first-order valence-electron chi connectivity index (χ1n) is 11.0. The fraction of sp³-hybridized carbons (Fsp3) is 1.00. The van der Waals surface area contributed by atoms with Crippen LogP contribution in [0.1, 0.15) is 129 Å². The van der Waals surface area contributed by atoms with Gasteiger partial charge < -0.3 is 5.11 Å². The van der Waals surface area contributed by atoms with E-state index >= 15 is 0 Å². The molecule has 0 aliphatic rings. The first-order chi connectivity index (χ1) is 11.3. The second kappa shape index (κ2) is 20.0. The minimum Gasteiger partial charge on any atom is -0.396 e. The fourth-order valence-corrected chi connectivity index (χ4v) is 3.59. The lowest BCUT2D eigenvalue weighted by molar-refractivity contribution is 0.261. The zero-order valence-electron chi connectivity index (χ0n) is 16.5. The summed E-state index contributed by atoms with van der Waals surface area (Å²) < 4.78 is 0. The van der Waals surface area contributed by atoms with Crippen LogP contribution in [0.3, 0.4) is 0 Å². The number of rotatable bonds is 19. The molecular weight excluding hydrogens is 280 g/mol. The summed E-state index contributed by atoms with van der Waals surface area (Å²) in [4.78, 5) is 0. The van der Waals surface area contributed by atoms with Crippen molar-refractivity contribution in [2.24, 2.45) is 5.92 Å². The van der Waals surface area contributed by atoms with Crippen LogP contribution in [0, 0.1) is 5.92 Å². The molecule has 0 saturated heterocycles. The summed E-state index contributed by atoms with van der Waals surface area (Å²) in [6, 6.07) is 0. The zero-order valence-corrected chi connectivity index (χ0v) is 16.5. The van der Waals surface area contributed by atoms with Gasteiger partial charge in [0.1, 0.15) is 0 Å². The van der Waals surface area contributed by atoms with Gasteiger partial charge in [-0.3, -0.25) is 0 Å². The highest BCUT2D eigenvalue weighted by atomic mass is 16.2. The molecule has 1 nitrogen and oxygen atoms in total. The number of aliphatic hydroxyl groups is 1. The number of hydrogen-bond donors (Lipinski definition) is 1. The average molecular weight is 327 g/mol. The third kappa shape index (κ3) is 18.1. The fourth-order valence-electron chi connectivity index (χ4n) is 3.59. The summed E-state index contributed by atoms with van der Waals surface area (Å²) in [5.41, 5.74) is 0. The summed E-state index contributed by atoms with van der Waals surface area (Å²) in [6.45, 7) is 4.95. The van der Waals surface area contributed by atoms with Crippen molar-refractivity contribution in [3.05, 3.63) is 0 Å². The summed E-state index contributed by atoms with van der Waals surface area (Å²) >= 11 is 0. The van der Waals surface area contributed by atoms with Crippen LogP contribution in [0.2, 0.25) is 0 Å².